The Morgan fingerprint density at radius 3 is 2.52 bits per heavy atom. The van der Waals surface area contributed by atoms with Crippen LogP contribution in [0.15, 0.2) is 29.2 Å². The van der Waals surface area contributed by atoms with Crippen LogP contribution < -0.4 is 0 Å². The van der Waals surface area contributed by atoms with Gasteiger partial charge in [-0.2, -0.15) is 5.10 Å². The number of carboxylic acid groups (broad SMARTS) is 1. The lowest BCUT2D eigenvalue weighted by Crippen LogP contribution is -2.42. The van der Waals surface area contributed by atoms with Crippen molar-refractivity contribution in [1.82, 2.24) is 14.7 Å². The topological polar surface area (TPSA) is 84.7 Å². The number of hydrogen-bond acceptors (Lipinski definition) is 5. The van der Waals surface area contributed by atoms with E-state index in [1.165, 1.54) is 0 Å². The third-order valence-corrected chi connectivity index (χ3v) is 7.18. The molecule has 166 valence electrons. The number of aromatic carboxylic acids is 1. The van der Waals surface area contributed by atoms with Crippen LogP contribution in [0.2, 0.25) is 0 Å². The van der Waals surface area contributed by atoms with Crippen molar-refractivity contribution >= 4 is 23.8 Å². The van der Waals surface area contributed by atoms with Crippen molar-refractivity contribution < 1.29 is 19.4 Å². The quantitative estimate of drug-likeness (QED) is 0.686. The lowest BCUT2D eigenvalue weighted by molar-refractivity contribution is 0.0185. The van der Waals surface area contributed by atoms with E-state index < -0.39 is 11.6 Å². The highest BCUT2D eigenvalue weighted by molar-refractivity contribution is 7.99. The zero-order valence-electron chi connectivity index (χ0n) is 18.4. The number of carboxylic acids is 1. The van der Waals surface area contributed by atoms with E-state index in [4.69, 9.17) is 4.74 Å². The third kappa shape index (κ3) is 4.18. The van der Waals surface area contributed by atoms with Crippen molar-refractivity contribution in [2.75, 3.05) is 13.1 Å². The molecule has 8 heteroatoms. The van der Waals surface area contributed by atoms with Crippen LogP contribution in [0.4, 0.5) is 4.79 Å². The van der Waals surface area contributed by atoms with Crippen molar-refractivity contribution in [2.24, 2.45) is 0 Å². The number of rotatable bonds is 3. The number of piperidine rings is 1. The van der Waals surface area contributed by atoms with E-state index in [2.05, 4.69) is 18.1 Å². The van der Waals surface area contributed by atoms with Gasteiger partial charge in [0.2, 0.25) is 0 Å². The second kappa shape index (κ2) is 8.22. The van der Waals surface area contributed by atoms with Gasteiger partial charge in [0.1, 0.15) is 5.60 Å². The van der Waals surface area contributed by atoms with Gasteiger partial charge in [0, 0.05) is 34.4 Å². The number of amides is 1. The summed E-state index contributed by atoms with van der Waals surface area (Å²) in [6, 6.07) is 8.18. The third-order valence-electron chi connectivity index (χ3n) is 5.72. The van der Waals surface area contributed by atoms with E-state index in [0.29, 0.717) is 25.9 Å². The molecule has 1 N–H and O–H groups in total. The highest BCUT2D eigenvalue weighted by Crippen LogP contribution is 2.52. The minimum atomic E-state index is -0.986. The average Bonchev–Trinajstić information content (AvgIpc) is 3.13. The van der Waals surface area contributed by atoms with Gasteiger partial charge in [-0.15, -0.1) is 11.8 Å². The first kappa shape index (κ1) is 21.7. The molecule has 31 heavy (non-hydrogen) atoms. The SMILES string of the molecule is CCC1Sc2ccccc2-c2c1c(C(=O)O)nn2C1CCN(C(=O)OC(C)(C)C)CC1. The Bertz CT molecular complexity index is 1000. The van der Waals surface area contributed by atoms with Crippen LogP contribution in [0.1, 0.15) is 74.3 Å². The molecule has 4 rings (SSSR count). The summed E-state index contributed by atoms with van der Waals surface area (Å²) in [5.74, 6) is -0.986. The predicted octanol–water partition coefficient (Wildman–Crippen LogP) is 5.38. The van der Waals surface area contributed by atoms with E-state index in [1.807, 2.05) is 43.7 Å². The largest absolute Gasteiger partial charge is 0.476 e. The van der Waals surface area contributed by atoms with Gasteiger partial charge >= 0.3 is 12.1 Å². The van der Waals surface area contributed by atoms with Gasteiger partial charge in [-0.3, -0.25) is 4.68 Å². The molecule has 1 atom stereocenters. The van der Waals surface area contributed by atoms with Crippen LogP contribution in [0.25, 0.3) is 11.3 Å². The van der Waals surface area contributed by atoms with Crippen LogP contribution >= 0.6 is 11.8 Å². The fraction of sp³-hybridized carbons (Fsp3) is 0.522. The van der Waals surface area contributed by atoms with Crippen LogP contribution in [0, 0.1) is 0 Å². The number of nitrogens with zero attached hydrogens (tertiary/aromatic N) is 3. The molecule has 1 saturated heterocycles. The molecule has 1 aromatic heterocycles. The Labute approximate surface area is 186 Å². The summed E-state index contributed by atoms with van der Waals surface area (Å²) >= 11 is 1.71. The van der Waals surface area contributed by atoms with Crippen LogP contribution in [-0.4, -0.2) is 50.5 Å². The molecule has 2 aliphatic heterocycles. The van der Waals surface area contributed by atoms with Gasteiger partial charge in [0.25, 0.3) is 0 Å². The highest BCUT2D eigenvalue weighted by Gasteiger charge is 2.37. The second-order valence-corrected chi connectivity index (χ2v) is 10.3. The Kier molecular flexibility index (Phi) is 5.77. The Morgan fingerprint density at radius 1 is 1.23 bits per heavy atom. The molecule has 1 amide bonds. The van der Waals surface area contributed by atoms with E-state index in [-0.39, 0.29) is 23.1 Å². The summed E-state index contributed by atoms with van der Waals surface area (Å²) in [6.45, 7) is 8.79. The lowest BCUT2D eigenvalue weighted by Gasteiger charge is -2.34. The maximum Gasteiger partial charge on any atom is 0.410 e. The predicted molar refractivity (Wildman–Crippen MR) is 120 cm³/mol. The molecule has 0 spiro atoms. The molecule has 1 fully saturated rings. The highest BCUT2D eigenvalue weighted by atomic mass is 32.2. The zero-order chi connectivity index (χ0) is 22.3. The standard InChI is InChI=1S/C23H29N3O4S/c1-5-16-18-19(21(27)28)24-26(20(18)15-8-6-7-9-17(15)31-16)14-10-12-25(13-11-14)22(29)30-23(2,3)4/h6-9,14,16H,5,10-13H2,1-4H3,(H,27,28). The van der Waals surface area contributed by atoms with Gasteiger partial charge in [-0.05, 0) is 46.1 Å². The number of fused-ring (bicyclic) bond motifs is 3. The number of carbonyl (C=O) groups excluding carboxylic acids is 1. The molecule has 0 radical (unpaired) electrons. The molecule has 0 bridgehead atoms. The molecule has 2 aliphatic rings. The molecule has 7 nitrogen and oxygen atoms in total. The van der Waals surface area contributed by atoms with Crippen LogP contribution in [0.5, 0.6) is 0 Å². The van der Waals surface area contributed by atoms with E-state index in [1.54, 1.807) is 16.7 Å². The summed E-state index contributed by atoms with van der Waals surface area (Å²) in [5, 5.41) is 14.6. The summed E-state index contributed by atoms with van der Waals surface area (Å²) in [7, 11) is 0. The van der Waals surface area contributed by atoms with Gasteiger partial charge in [0.15, 0.2) is 5.69 Å². The van der Waals surface area contributed by atoms with Crippen molar-refractivity contribution in [2.45, 2.75) is 68.7 Å². The van der Waals surface area contributed by atoms with Crippen molar-refractivity contribution in [3.8, 4) is 11.3 Å². The first-order valence-corrected chi connectivity index (χ1v) is 11.7. The minimum absolute atomic E-state index is 0.0363. The Morgan fingerprint density at radius 2 is 1.90 bits per heavy atom. The first-order valence-electron chi connectivity index (χ1n) is 10.8. The van der Waals surface area contributed by atoms with Gasteiger partial charge in [0.05, 0.1) is 11.7 Å². The molecule has 1 unspecified atom stereocenters. The Balaban J connectivity index is 1.67. The molecular formula is C23H29N3O4S. The number of carbonyl (C=O) groups is 2. The van der Waals surface area contributed by atoms with Crippen molar-refractivity contribution in [3.05, 3.63) is 35.5 Å². The summed E-state index contributed by atoms with van der Waals surface area (Å²) in [4.78, 5) is 27.4. The smallest absolute Gasteiger partial charge is 0.410 e. The minimum Gasteiger partial charge on any atom is -0.476 e. The van der Waals surface area contributed by atoms with E-state index >= 15 is 0 Å². The molecule has 3 heterocycles. The second-order valence-electron chi connectivity index (χ2n) is 9.07. The summed E-state index contributed by atoms with van der Waals surface area (Å²) in [6.07, 6.45) is 1.94. The van der Waals surface area contributed by atoms with Gasteiger partial charge < -0.3 is 14.7 Å². The lowest BCUT2D eigenvalue weighted by atomic mass is 9.98. The summed E-state index contributed by atoms with van der Waals surface area (Å²) < 4.78 is 7.43. The fourth-order valence-corrected chi connectivity index (χ4v) is 5.59. The number of aromatic nitrogens is 2. The molecule has 2 aromatic rings. The number of benzene rings is 1. The van der Waals surface area contributed by atoms with Gasteiger partial charge in [-0.1, -0.05) is 25.1 Å². The average molecular weight is 444 g/mol. The molecule has 1 aromatic carbocycles. The molecule has 0 saturated carbocycles. The monoisotopic (exact) mass is 443 g/mol. The normalized spacial score (nSPS) is 19.0. The zero-order valence-corrected chi connectivity index (χ0v) is 19.2. The number of thioether (sulfide) groups is 1. The van der Waals surface area contributed by atoms with Crippen molar-refractivity contribution in [1.29, 1.82) is 0 Å². The van der Waals surface area contributed by atoms with E-state index in [9.17, 15) is 14.7 Å². The Hall–Kier alpha value is -2.48. The van der Waals surface area contributed by atoms with Crippen LogP contribution in [0.3, 0.4) is 0 Å². The number of hydrogen-bond donors (Lipinski definition) is 1. The van der Waals surface area contributed by atoms with Gasteiger partial charge in [-0.25, -0.2) is 9.59 Å². The van der Waals surface area contributed by atoms with Crippen molar-refractivity contribution in [3.63, 3.8) is 0 Å². The first-order chi connectivity index (χ1) is 14.7. The van der Waals surface area contributed by atoms with Crippen LogP contribution in [-0.2, 0) is 4.74 Å². The summed E-state index contributed by atoms with van der Waals surface area (Å²) in [5.41, 5.74) is 2.42. The maximum atomic E-state index is 12.4. The molecule has 0 aliphatic carbocycles. The fourth-order valence-electron chi connectivity index (χ4n) is 4.33. The molecular weight excluding hydrogens is 414 g/mol. The number of likely N-dealkylation sites (tertiary alicyclic amines) is 1. The number of ether oxygens (including phenoxy) is 1. The van der Waals surface area contributed by atoms with E-state index in [0.717, 1.165) is 28.1 Å². The maximum absolute atomic E-state index is 12.4.